The van der Waals surface area contributed by atoms with Crippen molar-refractivity contribution >= 4 is 15.9 Å². The van der Waals surface area contributed by atoms with Crippen LogP contribution in [0.15, 0.2) is 16.9 Å². The fourth-order valence-electron chi connectivity index (χ4n) is 0.670. The summed E-state index contributed by atoms with van der Waals surface area (Å²) in [5.41, 5.74) is 1.21. The molecular formula is C7H9BrN2. The lowest BCUT2D eigenvalue weighted by Crippen LogP contribution is -1.90. The first kappa shape index (κ1) is 7.66. The minimum absolute atomic E-state index is 0.520. The minimum atomic E-state index is 0.520. The summed E-state index contributed by atoms with van der Waals surface area (Å²) in [4.78, 5) is 0. The zero-order valence-electron chi connectivity index (χ0n) is 6.00. The van der Waals surface area contributed by atoms with Crippen LogP contribution in [0.4, 0.5) is 0 Å². The van der Waals surface area contributed by atoms with Crippen molar-refractivity contribution < 1.29 is 0 Å². The molecule has 0 saturated carbocycles. The maximum Gasteiger partial charge on any atom is 0.129 e. The van der Waals surface area contributed by atoms with E-state index in [-0.39, 0.29) is 0 Å². The second-order valence-corrected chi connectivity index (χ2v) is 3.28. The molecule has 3 heteroatoms. The SMILES string of the molecule is CC(C)c1cnnc(Br)c1. The molecule has 0 amide bonds. The Morgan fingerprint density at radius 3 is 2.60 bits per heavy atom. The Morgan fingerprint density at radius 1 is 1.50 bits per heavy atom. The van der Waals surface area contributed by atoms with Crippen LogP contribution in [0, 0.1) is 0 Å². The zero-order valence-corrected chi connectivity index (χ0v) is 7.59. The predicted molar refractivity (Wildman–Crippen MR) is 43.8 cm³/mol. The van der Waals surface area contributed by atoms with Gasteiger partial charge in [0.2, 0.25) is 0 Å². The van der Waals surface area contributed by atoms with E-state index in [9.17, 15) is 0 Å². The molecular weight excluding hydrogens is 192 g/mol. The maximum absolute atomic E-state index is 3.81. The summed E-state index contributed by atoms with van der Waals surface area (Å²) < 4.78 is 0.804. The van der Waals surface area contributed by atoms with Gasteiger partial charge in [0, 0.05) is 0 Å². The lowest BCUT2D eigenvalue weighted by Gasteiger charge is -2.01. The topological polar surface area (TPSA) is 25.8 Å². The quantitative estimate of drug-likeness (QED) is 0.696. The van der Waals surface area contributed by atoms with E-state index in [0.29, 0.717) is 5.92 Å². The van der Waals surface area contributed by atoms with Crippen LogP contribution in [-0.2, 0) is 0 Å². The fourth-order valence-corrected chi connectivity index (χ4v) is 1.03. The molecule has 54 valence electrons. The average molecular weight is 201 g/mol. The molecule has 0 unspecified atom stereocenters. The third-order valence-electron chi connectivity index (χ3n) is 1.31. The van der Waals surface area contributed by atoms with Gasteiger partial charge in [-0.2, -0.15) is 5.10 Å². The highest BCUT2D eigenvalue weighted by Gasteiger charge is 1.98. The van der Waals surface area contributed by atoms with E-state index in [0.717, 1.165) is 4.60 Å². The van der Waals surface area contributed by atoms with Crippen LogP contribution in [0.5, 0.6) is 0 Å². The third-order valence-corrected chi connectivity index (χ3v) is 1.70. The van der Waals surface area contributed by atoms with Crippen molar-refractivity contribution in [1.82, 2.24) is 10.2 Å². The molecule has 0 aliphatic carbocycles. The number of hydrogen-bond acceptors (Lipinski definition) is 2. The van der Waals surface area contributed by atoms with E-state index in [2.05, 4.69) is 40.0 Å². The maximum atomic E-state index is 3.81. The molecule has 0 aliphatic rings. The number of hydrogen-bond donors (Lipinski definition) is 0. The van der Waals surface area contributed by atoms with E-state index in [1.807, 2.05) is 6.07 Å². The van der Waals surface area contributed by atoms with Gasteiger partial charge in [0.05, 0.1) is 6.20 Å². The van der Waals surface area contributed by atoms with Crippen LogP contribution < -0.4 is 0 Å². The summed E-state index contributed by atoms with van der Waals surface area (Å²) >= 11 is 3.26. The highest BCUT2D eigenvalue weighted by Crippen LogP contribution is 2.14. The Labute approximate surface area is 68.8 Å². The number of halogens is 1. The van der Waals surface area contributed by atoms with Gasteiger partial charge in [-0.25, -0.2) is 0 Å². The molecule has 0 bridgehead atoms. The molecule has 0 fully saturated rings. The lowest BCUT2D eigenvalue weighted by molar-refractivity contribution is 0.835. The van der Waals surface area contributed by atoms with E-state index in [1.165, 1.54) is 5.56 Å². The molecule has 1 heterocycles. The van der Waals surface area contributed by atoms with Crippen molar-refractivity contribution in [1.29, 1.82) is 0 Å². The summed E-state index contributed by atoms with van der Waals surface area (Å²) in [6, 6.07) is 1.98. The highest BCUT2D eigenvalue weighted by molar-refractivity contribution is 9.10. The highest BCUT2D eigenvalue weighted by atomic mass is 79.9. The van der Waals surface area contributed by atoms with E-state index in [1.54, 1.807) is 6.20 Å². The summed E-state index contributed by atoms with van der Waals surface area (Å²) in [6.07, 6.45) is 1.79. The van der Waals surface area contributed by atoms with Crippen molar-refractivity contribution in [3.8, 4) is 0 Å². The lowest BCUT2D eigenvalue weighted by atomic mass is 10.1. The first-order chi connectivity index (χ1) is 4.70. The molecule has 1 aromatic heterocycles. The Balaban J connectivity index is 2.96. The Bertz CT molecular complexity index is 223. The largest absolute Gasteiger partial charge is 0.158 e. The molecule has 0 spiro atoms. The zero-order chi connectivity index (χ0) is 7.56. The number of nitrogens with zero attached hydrogens (tertiary/aromatic N) is 2. The van der Waals surface area contributed by atoms with Gasteiger partial charge < -0.3 is 0 Å². The second-order valence-electron chi connectivity index (χ2n) is 2.47. The smallest absolute Gasteiger partial charge is 0.129 e. The normalized spacial score (nSPS) is 10.4. The molecule has 0 saturated heterocycles. The molecule has 0 atom stereocenters. The van der Waals surface area contributed by atoms with Crippen LogP contribution in [0.25, 0.3) is 0 Å². The molecule has 1 aromatic rings. The van der Waals surface area contributed by atoms with Crippen molar-refractivity contribution in [2.75, 3.05) is 0 Å². The Morgan fingerprint density at radius 2 is 2.20 bits per heavy atom. The van der Waals surface area contributed by atoms with Gasteiger partial charge in [0.1, 0.15) is 4.60 Å². The van der Waals surface area contributed by atoms with Gasteiger partial charge in [-0.3, -0.25) is 0 Å². The molecule has 1 rings (SSSR count). The summed E-state index contributed by atoms with van der Waals surface area (Å²) in [6.45, 7) is 4.26. The van der Waals surface area contributed by atoms with Gasteiger partial charge in [-0.05, 0) is 33.5 Å². The van der Waals surface area contributed by atoms with Gasteiger partial charge in [0.25, 0.3) is 0 Å². The standard InChI is InChI=1S/C7H9BrN2/c1-5(2)6-3-7(8)10-9-4-6/h3-5H,1-2H3. The van der Waals surface area contributed by atoms with E-state index < -0.39 is 0 Å². The van der Waals surface area contributed by atoms with Gasteiger partial charge in [-0.1, -0.05) is 13.8 Å². The molecule has 0 radical (unpaired) electrons. The van der Waals surface area contributed by atoms with Crippen molar-refractivity contribution in [3.63, 3.8) is 0 Å². The summed E-state index contributed by atoms with van der Waals surface area (Å²) in [7, 11) is 0. The van der Waals surface area contributed by atoms with Crippen LogP contribution in [0.3, 0.4) is 0 Å². The third kappa shape index (κ3) is 1.77. The van der Waals surface area contributed by atoms with Crippen LogP contribution in [0.1, 0.15) is 25.3 Å². The average Bonchev–Trinajstić information content (AvgIpc) is 1.88. The van der Waals surface area contributed by atoms with Gasteiger partial charge in [-0.15, -0.1) is 5.10 Å². The fraction of sp³-hybridized carbons (Fsp3) is 0.429. The van der Waals surface area contributed by atoms with Crippen molar-refractivity contribution in [2.24, 2.45) is 0 Å². The summed E-state index contributed by atoms with van der Waals surface area (Å²) in [5.74, 6) is 0.520. The van der Waals surface area contributed by atoms with E-state index in [4.69, 9.17) is 0 Å². The predicted octanol–water partition coefficient (Wildman–Crippen LogP) is 2.36. The summed E-state index contributed by atoms with van der Waals surface area (Å²) in [5, 5.41) is 7.60. The molecule has 2 nitrogen and oxygen atoms in total. The monoisotopic (exact) mass is 200 g/mol. The van der Waals surface area contributed by atoms with Crippen LogP contribution >= 0.6 is 15.9 Å². The Hall–Kier alpha value is -0.440. The number of rotatable bonds is 1. The Kier molecular flexibility index (Phi) is 2.38. The first-order valence-electron chi connectivity index (χ1n) is 3.18. The first-order valence-corrected chi connectivity index (χ1v) is 3.97. The molecule has 0 N–H and O–H groups in total. The van der Waals surface area contributed by atoms with Gasteiger partial charge >= 0.3 is 0 Å². The number of aromatic nitrogens is 2. The van der Waals surface area contributed by atoms with Crippen molar-refractivity contribution in [2.45, 2.75) is 19.8 Å². The van der Waals surface area contributed by atoms with Crippen molar-refractivity contribution in [3.05, 3.63) is 22.4 Å². The second kappa shape index (κ2) is 3.10. The van der Waals surface area contributed by atoms with Crippen LogP contribution in [-0.4, -0.2) is 10.2 Å². The molecule has 0 aliphatic heterocycles. The van der Waals surface area contributed by atoms with E-state index >= 15 is 0 Å². The molecule has 0 aromatic carbocycles. The van der Waals surface area contributed by atoms with Crippen LogP contribution in [0.2, 0.25) is 0 Å². The van der Waals surface area contributed by atoms with Gasteiger partial charge in [0.15, 0.2) is 0 Å². The minimum Gasteiger partial charge on any atom is -0.158 e. The molecule has 10 heavy (non-hydrogen) atoms.